The standard InChI is InChI=1S/C23H31N3O3S/c1-16(2)14-20(17(3)4)25-10-12-26(13-11-25)30-19-8-9-21(18(5)15-19)29-23(6,7)22(27)24-28/h8-9,14-15H,1,3,10-13H2,2,4-7H3/b20-14+. The molecule has 2 rings (SSSR count). The number of carbonyl (C=O) groups is 1. The van der Waals surface area contributed by atoms with Gasteiger partial charge in [0.15, 0.2) is 5.60 Å². The van der Waals surface area contributed by atoms with Crippen molar-refractivity contribution in [2.24, 2.45) is 5.18 Å². The molecule has 1 aliphatic heterocycles. The van der Waals surface area contributed by atoms with E-state index in [4.69, 9.17) is 4.74 Å². The van der Waals surface area contributed by atoms with E-state index in [0.717, 1.165) is 53.5 Å². The molecule has 0 saturated carbocycles. The Kier molecular flexibility index (Phi) is 8.03. The van der Waals surface area contributed by atoms with Crippen LogP contribution in [0.25, 0.3) is 0 Å². The maximum atomic E-state index is 11.6. The van der Waals surface area contributed by atoms with Crippen molar-refractivity contribution in [3.8, 4) is 5.75 Å². The molecule has 1 aromatic rings. The lowest BCUT2D eigenvalue weighted by atomic mass is 10.1. The average Bonchev–Trinajstić information content (AvgIpc) is 2.68. The Morgan fingerprint density at radius 2 is 1.83 bits per heavy atom. The number of ether oxygens (including phenoxy) is 1. The van der Waals surface area contributed by atoms with Crippen LogP contribution in [-0.4, -0.2) is 46.9 Å². The van der Waals surface area contributed by atoms with E-state index in [1.807, 2.05) is 39.0 Å². The van der Waals surface area contributed by atoms with Gasteiger partial charge in [-0.05, 0) is 82.0 Å². The second-order valence-corrected chi connectivity index (χ2v) is 9.27. The molecule has 1 fully saturated rings. The molecule has 0 atom stereocenters. The van der Waals surface area contributed by atoms with Crippen LogP contribution in [0.4, 0.5) is 0 Å². The molecule has 1 saturated heterocycles. The van der Waals surface area contributed by atoms with E-state index in [9.17, 15) is 9.70 Å². The highest BCUT2D eigenvalue weighted by Gasteiger charge is 2.31. The Balaban J connectivity index is 2.00. The number of benzene rings is 1. The summed E-state index contributed by atoms with van der Waals surface area (Å²) in [5.41, 5.74) is 2.86. The second-order valence-electron chi connectivity index (χ2n) is 8.10. The highest BCUT2D eigenvalue weighted by molar-refractivity contribution is 7.97. The van der Waals surface area contributed by atoms with E-state index >= 15 is 0 Å². The minimum atomic E-state index is -1.28. The molecule has 0 N–H and O–H groups in total. The maximum absolute atomic E-state index is 11.6. The van der Waals surface area contributed by atoms with Crippen LogP contribution in [0.3, 0.4) is 0 Å². The maximum Gasteiger partial charge on any atom is 0.328 e. The van der Waals surface area contributed by atoms with Crippen LogP contribution in [0.15, 0.2) is 64.3 Å². The number of nitroso groups, excluding NO2 is 1. The van der Waals surface area contributed by atoms with E-state index in [1.165, 1.54) is 0 Å². The van der Waals surface area contributed by atoms with Crippen molar-refractivity contribution < 1.29 is 9.53 Å². The molecule has 0 radical (unpaired) electrons. The average molecular weight is 430 g/mol. The third kappa shape index (κ3) is 6.31. The van der Waals surface area contributed by atoms with Crippen molar-refractivity contribution in [1.82, 2.24) is 9.21 Å². The zero-order valence-corrected chi connectivity index (χ0v) is 19.3. The molecule has 1 aliphatic rings. The first-order valence-corrected chi connectivity index (χ1v) is 10.7. The SMILES string of the molecule is C=C(C)/C=C(\C(=C)C)N1CCN(Sc2ccc(OC(C)(C)C(=O)N=O)c(C)c2)CC1. The van der Waals surface area contributed by atoms with Crippen molar-refractivity contribution in [2.75, 3.05) is 26.2 Å². The van der Waals surface area contributed by atoms with E-state index in [2.05, 4.69) is 33.6 Å². The molecule has 0 aromatic heterocycles. The number of hydrogen-bond acceptors (Lipinski definition) is 6. The fourth-order valence-corrected chi connectivity index (χ4v) is 4.11. The predicted molar refractivity (Wildman–Crippen MR) is 123 cm³/mol. The number of amides is 1. The molecule has 0 spiro atoms. The van der Waals surface area contributed by atoms with Crippen molar-refractivity contribution in [3.63, 3.8) is 0 Å². The Morgan fingerprint density at radius 1 is 1.20 bits per heavy atom. The van der Waals surface area contributed by atoms with Gasteiger partial charge in [-0.3, -0.25) is 4.79 Å². The van der Waals surface area contributed by atoms with Crippen molar-refractivity contribution in [1.29, 1.82) is 0 Å². The monoisotopic (exact) mass is 429 g/mol. The molecule has 1 aromatic carbocycles. The Hall–Kier alpha value is -2.38. The van der Waals surface area contributed by atoms with Crippen LogP contribution < -0.4 is 4.74 Å². The highest BCUT2D eigenvalue weighted by atomic mass is 32.2. The molecule has 6 nitrogen and oxygen atoms in total. The van der Waals surface area contributed by atoms with Gasteiger partial charge >= 0.3 is 5.91 Å². The van der Waals surface area contributed by atoms with Crippen molar-refractivity contribution >= 4 is 17.9 Å². The van der Waals surface area contributed by atoms with Crippen molar-refractivity contribution in [3.05, 3.63) is 64.7 Å². The van der Waals surface area contributed by atoms with Gasteiger partial charge < -0.3 is 9.64 Å². The van der Waals surface area contributed by atoms with E-state index in [0.29, 0.717) is 5.75 Å². The van der Waals surface area contributed by atoms with Crippen LogP contribution in [0, 0.1) is 11.8 Å². The summed E-state index contributed by atoms with van der Waals surface area (Å²) in [4.78, 5) is 25.6. The molecule has 7 heteroatoms. The molecule has 1 heterocycles. The third-order valence-corrected chi connectivity index (χ3v) is 5.83. The number of allylic oxidation sites excluding steroid dienone is 3. The Morgan fingerprint density at radius 3 is 2.33 bits per heavy atom. The number of hydrogen-bond donors (Lipinski definition) is 0. The molecular formula is C23H31N3O3S. The molecule has 0 aliphatic carbocycles. The normalized spacial score (nSPS) is 15.6. The summed E-state index contributed by atoms with van der Waals surface area (Å²) < 4.78 is 8.07. The smallest absolute Gasteiger partial charge is 0.328 e. The summed E-state index contributed by atoms with van der Waals surface area (Å²) in [5, 5.41) is 2.48. The molecular weight excluding hydrogens is 398 g/mol. The summed E-state index contributed by atoms with van der Waals surface area (Å²) in [5.74, 6) is -0.254. The first-order valence-electron chi connectivity index (χ1n) is 9.92. The van der Waals surface area contributed by atoms with Gasteiger partial charge in [-0.15, -0.1) is 4.91 Å². The van der Waals surface area contributed by atoms with Crippen molar-refractivity contribution in [2.45, 2.75) is 45.1 Å². The first-order chi connectivity index (χ1) is 14.0. The number of aryl methyl sites for hydroxylation is 1. The number of rotatable bonds is 8. The van der Waals surface area contributed by atoms with Gasteiger partial charge in [-0.25, -0.2) is 4.31 Å². The zero-order valence-electron chi connectivity index (χ0n) is 18.5. The van der Waals surface area contributed by atoms with Crippen LogP contribution in [0.1, 0.15) is 33.3 Å². The number of carbonyl (C=O) groups excluding carboxylic acids is 1. The summed E-state index contributed by atoms with van der Waals surface area (Å²) in [7, 11) is 0. The van der Waals surface area contributed by atoms with E-state index < -0.39 is 11.5 Å². The van der Waals surface area contributed by atoms with Gasteiger partial charge in [0.25, 0.3) is 0 Å². The van der Waals surface area contributed by atoms with Crippen LogP contribution in [0.5, 0.6) is 5.75 Å². The topological polar surface area (TPSA) is 62.2 Å². The molecule has 162 valence electrons. The molecule has 0 unspecified atom stereocenters. The van der Waals surface area contributed by atoms with Gasteiger partial charge in [0.1, 0.15) is 5.75 Å². The van der Waals surface area contributed by atoms with Crippen LogP contribution in [0.2, 0.25) is 0 Å². The fraction of sp³-hybridized carbons (Fsp3) is 0.435. The first kappa shape index (κ1) is 23.9. The van der Waals surface area contributed by atoms with Crippen LogP contribution in [-0.2, 0) is 4.79 Å². The van der Waals surface area contributed by atoms with Gasteiger partial charge in [0.2, 0.25) is 0 Å². The summed E-state index contributed by atoms with van der Waals surface area (Å²) >= 11 is 1.71. The minimum Gasteiger partial charge on any atom is -0.478 e. The minimum absolute atomic E-state index is 0.571. The lowest BCUT2D eigenvalue weighted by Crippen LogP contribution is -2.42. The fourth-order valence-electron chi connectivity index (χ4n) is 3.11. The molecule has 30 heavy (non-hydrogen) atoms. The van der Waals surface area contributed by atoms with Crippen LogP contribution >= 0.6 is 11.9 Å². The molecule has 1 amide bonds. The number of piperazine rings is 1. The Bertz CT molecular complexity index is 868. The number of nitrogens with zero attached hydrogens (tertiary/aromatic N) is 3. The largest absolute Gasteiger partial charge is 0.478 e. The molecule has 0 bridgehead atoms. The van der Waals surface area contributed by atoms with Gasteiger partial charge in [-0.2, -0.15) is 0 Å². The lowest BCUT2D eigenvalue weighted by molar-refractivity contribution is -0.130. The van der Waals surface area contributed by atoms with E-state index in [1.54, 1.807) is 25.8 Å². The summed E-state index contributed by atoms with van der Waals surface area (Å²) in [6.07, 6.45) is 2.10. The second kappa shape index (κ2) is 10.1. The quantitative estimate of drug-likeness (QED) is 0.325. The van der Waals surface area contributed by atoms with Gasteiger partial charge in [0.05, 0.1) is 0 Å². The summed E-state index contributed by atoms with van der Waals surface area (Å²) in [6.45, 7) is 20.8. The highest BCUT2D eigenvalue weighted by Crippen LogP contribution is 2.31. The van der Waals surface area contributed by atoms with E-state index in [-0.39, 0.29) is 0 Å². The summed E-state index contributed by atoms with van der Waals surface area (Å²) in [6, 6.07) is 5.83. The van der Waals surface area contributed by atoms with Gasteiger partial charge in [-0.1, -0.05) is 18.7 Å². The van der Waals surface area contributed by atoms with Gasteiger partial charge in [0, 0.05) is 41.9 Å². The lowest BCUT2D eigenvalue weighted by Gasteiger charge is -2.37. The third-order valence-electron chi connectivity index (χ3n) is 4.74. The Labute approximate surface area is 183 Å². The zero-order chi connectivity index (χ0) is 22.5. The predicted octanol–water partition coefficient (Wildman–Crippen LogP) is 5.11.